The van der Waals surface area contributed by atoms with Crippen molar-refractivity contribution in [2.75, 3.05) is 11.9 Å². The van der Waals surface area contributed by atoms with Crippen molar-refractivity contribution in [3.05, 3.63) is 54.1 Å². The zero-order valence-corrected chi connectivity index (χ0v) is 10.3. The lowest BCUT2D eigenvalue weighted by atomic mass is 10.2. The lowest BCUT2D eigenvalue weighted by Crippen LogP contribution is -2.00. The summed E-state index contributed by atoms with van der Waals surface area (Å²) in [4.78, 5) is 0. The molecule has 19 heavy (non-hydrogen) atoms. The predicted octanol–water partition coefficient (Wildman–Crippen LogP) is 2.91. The van der Waals surface area contributed by atoms with Crippen LogP contribution in [-0.4, -0.2) is 11.7 Å². The van der Waals surface area contributed by atoms with Crippen LogP contribution in [0.2, 0.25) is 0 Å². The van der Waals surface area contributed by atoms with E-state index in [2.05, 4.69) is 5.32 Å². The first-order valence-corrected chi connectivity index (χ1v) is 5.89. The molecular formula is C15H14N2O2. The highest BCUT2D eigenvalue weighted by Gasteiger charge is 1.98. The van der Waals surface area contributed by atoms with E-state index in [0.717, 1.165) is 11.3 Å². The molecule has 0 spiro atoms. The van der Waals surface area contributed by atoms with E-state index in [4.69, 9.17) is 10.00 Å². The number of nitrogens with zero attached hydrogens (tertiary/aromatic N) is 1. The van der Waals surface area contributed by atoms with Crippen LogP contribution in [-0.2, 0) is 6.54 Å². The molecule has 2 N–H and O–H groups in total. The van der Waals surface area contributed by atoms with Gasteiger partial charge in [0.1, 0.15) is 17.6 Å². The molecule has 0 unspecified atom stereocenters. The number of phenolic OH excluding ortho intramolecular Hbond substituents is 1. The topological polar surface area (TPSA) is 65.3 Å². The maximum atomic E-state index is 9.19. The highest BCUT2D eigenvalue weighted by molar-refractivity contribution is 5.46. The molecular weight excluding hydrogens is 240 g/mol. The number of anilines is 1. The molecule has 0 amide bonds. The van der Waals surface area contributed by atoms with Crippen molar-refractivity contribution >= 4 is 5.69 Å². The van der Waals surface area contributed by atoms with Gasteiger partial charge in [-0.05, 0) is 42.0 Å². The second-order valence-electron chi connectivity index (χ2n) is 3.99. The first-order chi connectivity index (χ1) is 9.28. The van der Waals surface area contributed by atoms with Gasteiger partial charge in [-0.15, -0.1) is 0 Å². The minimum atomic E-state index is 0.0504. The summed E-state index contributed by atoms with van der Waals surface area (Å²) in [5.74, 6) is 0.934. The first kappa shape index (κ1) is 12.8. The smallest absolute Gasteiger partial charge is 0.174 e. The summed E-state index contributed by atoms with van der Waals surface area (Å²) in [6, 6.07) is 16.4. The summed E-state index contributed by atoms with van der Waals surface area (Å²) in [5.41, 5.74) is 1.99. The van der Waals surface area contributed by atoms with E-state index in [1.54, 1.807) is 12.1 Å². The number of phenols is 1. The molecule has 0 saturated carbocycles. The monoisotopic (exact) mass is 254 g/mol. The zero-order valence-electron chi connectivity index (χ0n) is 10.3. The van der Waals surface area contributed by atoms with Gasteiger partial charge in [-0.1, -0.05) is 12.1 Å². The average molecular weight is 254 g/mol. The molecule has 0 aliphatic carbocycles. The van der Waals surface area contributed by atoms with E-state index in [-0.39, 0.29) is 12.4 Å². The Morgan fingerprint density at radius 2 is 1.95 bits per heavy atom. The maximum Gasteiger partial charge on any atom is 0.174 e. The van der Waals surface area contributed by atoms with Crippen LogP contribution in [0.3, 0.4) is 0 Å². The van der Waals surface area contributed by atoms with Gasteiger partial charge in [0, 0.05) is 12.2 Å². The number of nitriles is 1. The molecule has 2 rings (SSSR count). The Bertz CT molecular complexity index is 573. The van der Waals surface area contributed by atoms with E-state index < -0.39 is 0 Å². The third-order valence-electron chi connectivity index (χ3n) is 2.57. The van der Waals surface area contributed by atoms with Gasteiger partial charge in [-0.2, -0.15) is 5.26 Å². The van der Waals surface area contributed by atoms with Gasteiger partial charge in [-0.25, -0.2) is 0 Å². The molecule has 0 atom stereocenters. The van der Waals surface area contributed by atoms with Crippen LogP contribution >= 0.6 is 0 Å². The second-order valence-corrected chi connectivity index (χ2v) is 3.99. The molecule has 0 saturated heterocycles. The largest absolute Gasteiger partial charge is 0.508 e. The molecule has 4 heteroatoms. The van der Waals surface area contributed by atoms with Gasteiger partial charge in [-0.3, -0.25) is 0 Å². The standard InChI is InChI=1S/C15H14N2O2/c16-8-9-19-15-3-1-2-12(10-15)11-17-13-4-6-14(18)7-5-13/h1-7,10,17-18H,9,11H2. The van der Waals surface area contributed by atoms with Gasteiger partial charge in [0.15, 0.2) is 6.61 Å². The molecule has 0 aromatic heterocycles. The molecule has 0 aliphatic heterocycles. The van der Waals surface area contributed by atoms with Crippen molar-refractivity contribution in [2.24, 2.45) is 0 Å². The van der Waals surface area contributed by atoms with Crippen molar-refractivity contribution in [1.82, 2.24) is 0 Å². The van der Waals surface area contributed by atoms with Crippen molar-refractivity contribution in [3.8, 4) is 17.6 Å². The SMILES string of the molecule is N#CCOc1cccc(CNc2ccc(O)cc2)c1. The molecule has 4 nitrogen and oxygen atoms in total. The molecule has 2 aromatic rings. The lowest BCUT2D eigenvalue weighted by molar-refractivity contribution is 0.368. The van der Waals surface area contributed by atoms with Gasteiger partial charge >= 0.3 is 0 Å². The number of nitrogens with one attached hydrogen (secondary N) is 1. The van der Waals surface area contributed by atoms with Crippen molar-refractivity contribution in [3.63, 3.8) is 0 Å². The number of hydrogen-bond acceptors (Lipinski definition) is 4. The summed E-state index contributed by atoms with van der Waals surface area (Å²) in [6.07, 6.45) is 0. The highest BCUT2D eigenvalue weighted by atomic mass is 16.5. The normalized spacial score (nSPS) is 9.63. The molecule has 96 valence electrons. The average Bonchev–Trinajstić information content (AvgIpc) is 2.45. The Hall–Kier alpha value is -2.67. The quantitative estimate of drug-likeness (QED) is 0.805. The van der Waals surface area contributed by atoms with Crippen molar-refractivity contribution in [2.45, 2.75) is 6.54 Å². The van der Waals surface area contributed by atoms with Crippen LogP contribution in [0.15, 0.2) is 48.5 Å². The number of benzene rings is 2. The Labute approximate surface area is 111 Å². The summed E-state index contributed by atoms with van der Waals surface area (Å²) in [7, 11) is 0. The second kappa shape index (κ2) is 6.31. The van der Waals surface area contributed by atoms with E-state index in [1.165, 1.54) is 0 Å². The number of rotatable bonds is 5. The van der Waals surface area contributed by atoms with Crippen LogP contribution < -0.4 is 10.1 Å². The van der Waals surface area contributed by atoms with Gasteiger partial charge in [0.05, 0.1) is 0 Å². The maximum absolute atomic E-state index is 9.19. The number of aromatic hydroxyl groups is 1. The van der Waals surface area contributed by atoms with Crippen LogP contribution in [0, 0.1) is 11.3 Å². The van der Waals surface area contributed by atoms with Crippen molar-refractivity contribution < 1.29 is 9.84 Å². The summed E-state index contributed by atoms with van der Waals surface area (Å²) in [5, 5.41) is 20.9. The van der Waals surface area contributed by atoms with Gasteiger partial charge in [0.2, 0.25) is 0 Å². The van der Waals surface area contributed by atoms with Gasteiger partial charge < -0.3 is 15.2 Å². The third-order valence-corrected chi connectivity index (χ3v) is 2.57. The predicted molar refractivity (Wildman–Crippen MR) is 73.0 cm³/mol. The van der Waals surface area contributed by atoms with E-state index in [9.17, 15) is 5.11 Å². The number of hydrogen-bond donors (Lipinski definition) is 2. The van der Waals surface area contributed by atoms with Crippen LogP contribution in [0.5, 0.6) is 11.5 Å². The van der Waals surface area contributed by atoms with E-state index in [0.29, 0.717) is 12.3 Å². The third kappa shape index (κ3) is 3.93. The van der Waals surface area contributed by atoms with Crippen LogP contribution in [0.25, 0.3) is 0 Å². The van der Waals surface area contributed by atoms with Crippen LogP contribution in [0.4, 0.5) is 5.69 Å². The lowest BCUT2D eigenvalue weighted by Gasteiger charge is -2.08. The molecule has 0 heterocycles. The molecule has 0 radical (unpaired) electrons. The zero-order chi connectivity index (χ0) is 13.5. The Balaban J connectivity index is 1.95. The summed E-state index contributed by atoms with van der Waals surface area (Å²) >= 11 is 0. The van der Waals surface area contributed by atoms with Gasteiger partial charge in [0.25, 0.3) is 0 Å². The fourth-order valence-corrected chi connectivity index (χ4v) is 1.64. The highest BCUT2D eigenvalue weighted by Crippen LogP contribution is 2.17. The Morgan fingerprint density at radius 3 is 2.68 bits per heavy atom. The van der Waals surface area contributed by atoms with E-state index >= 15 is 0 Å². The Kier molecular flexibility index (Phi) is 4.25. The summed E-state index contributed by atoms with van der Waals surface area (Å²) in [6.45, 7) is 0.698. The molecule has 0 aliphatic rings. The van der Waals surface area contributed by atoms with Crippen LogP contribution in [0.1, 0.15) is 5.56 Å². The minimum absolute atomic E-state index is 0.0504. The fourth-order valence-electron chi connectivity index (χ4n) is 1.64. The fraction of sp³-hybridized carbons (Fsp3) is 0.133. The Morgan fingerprint density at radius 1 is 1.16 bits per heavy atom. The molecule has 0 bridgehead atoms. The first-order valence-electron chi connectivity index (χ1n) is 5.89. The summed E-state index contributed by atoms with van der Waals surface area (Å²) < 4.78 is 5.24. The molecule has 0 fully saturated rings. The molecule has 2 aromatic carbocycles. The van der Waals surface area contributed by atoms with E-state index in [1.807, 2.05) is 42.5 Å². The number of ether oxygens (including phenoxy) is 1. The minimum Gasteiger partial charge on any atom is -0.508 e. The van der Waals surface area contributed by atoms with Crippen molar-refractivity contribution in [1.29, 1.82) is 5.26 Å².